The van der Waals surface area contributed by atoms with Gasteiger partial charge in [-0.3, -0.25) is 4.40 Å². The molecule has 0 aliphatic carbocycles. The summed E-state index contributed by atoms with van der Waals surface area (Å²) in [5, 5.41) is 5.53. The summed E-state index contributed by atoms with van der Waals surface area (Å²) >= 11 is 0. The molecule has 0 bridgehead atoms. The second-order valence-electron chi connectivity index (χ2n) is 10.3. The molecule has 7 aromatic rings. The highest BCUT2D eigenvalue weighted by Crippen LogP contribution is 2.27. The fourth-order valence-corrected chi connectivity index (χ4v) is 11.4. The van der Waals surface area contributed by atoms with Crippen LogP contribution in [-0.4, -0.2) is 22.0 Å². The number of nitrogens with zero attached hydrogens (tertiary/aromatic N) is 3. The Bertz CT molecular complexity index is 1840. The first kappa shape index (κ1) is 22.8. The normalized spacial score (nSPS) is 12.1. The summed E-state index contributed by atoms with van der Waals surface area (Å²) in [6.45, 7) is 4.38. The number of aryl methyl sites for hydroxylation is 3. The van der Waals surface area contributed by atoms with Gasteiger partial charge in [0, 0.05) is 7.05 Å². The molecule has 5 aromatic carbocycles. The molecule has 4 heteroatoms. The molecule has 38 heavy (non-hydrogen) atoms. The SMILES string of the molecule is Cc1ccc2nc3n(C)c4c([Si](c5ccccc5)(c5ccccc5)c5ccccc5)cc(C)cc4n3c2c1. The number of hydrogen-bond donors (Lipinski definition) is 0. The lowest BCUT2D eigenvalue weighted by Gasteiger charge is -2.35. The minimum Gasteiger partial charge on any atom is -0.313 e. The van der Waals surface area contributed by atoms with Crippen LogP contribution in [0.2, 0.25) is 0 Å². The first-order valence-electron chi connectivity index (χ1n) is 13.1. The monoisotopic (exact) mass is 507 g/mol. The Morgan fingerprint density at radius 2 is 1.11 bits per heavy atom. The molecule has 0 aliphatic rings. The number of fused-ring (bicyclic) bond motifs is 5. The van der Waals surface area contributed by atoms with Gasteiger partial charge in [-0.1, -0.05) is 103 Å². The first-order valence-corrected chi connectivity index (χ1v) is 15.1. The van der Waals surface area contributed by atoms with Crippen molar-refractivity contribution in [3.05, 3.63) is 132 Å². The highest BCUT2D eigenvalue weighted by Gasteiger charge is 2.43. The highest BCUT2D eigenvalue weighted by atomic mass is 28.3. The maximum atomic E-state index is 5.11. The van der Waals surface area contributed by atoms with E-state index in [9.17, 15) is 0 Å². The van der Waals surface area contributed by atoms with Crippen LogP contribution in [0.25, 0.3) is 27.8 Å². The molecule has 3 nitrogen and oxygen atoms in total. The van der Waals surface area contributed by atoms with Crippen molar-refractivity contribution < 1.29 is 0 Å². The van der Waals surface area contributed by atoms with E-state index in [1.807, 2.05) is 0 Å². The predicted molar refractivity (Wildman–Crippen MR) is 162 cm³/mol. The van der Waals surface area contributed by atoms with Gasteiger partial charge in [0.05, 0.1) is 22.1 Å². The molecule has 2 heterocycles. The molecule has 0 fully saturated rings. The van der Waals surface area contributed by atoms with E-state index >= 15 is 0 Å². The lowest BCUT2D eigenvalue weighted by Crippen LogP contribution is -2.75. The van der Waals surface area contributed by atoms with Gasteiger partial charge in [-0.05, 0) is 63.9 Å². The number of aromatic nitrogens is 3. The van der Waals surface area contributed by atoms with E-state index in [1.165, 1.54) is 42.9 Å². The maximum Gasteiger partial charge on any atom is 0.215 e. The van der Waals surface area contributed by atoms with E-state index in [0.29, 0.717) is 0 Å². The fourth-order valence-electron chi connectivity index (χ4n) is 6.33. The van der Waals surface area contributed by atoms with E-state index in [1.54, 1.807) is 0 Å². The van der Waals surface area contributed by atoms with Crippen molar-refractivity contribution in [3.63, 3.8) is 0 Å². The van der Waals surface area contributed by atoms with Crippen LogP contribution in [0.15, 0.2) is 121 Å². The van der Waals surface area contributed by atoms with Gasteiger partial charge < -0.3 is 4.57 Å². The molecule has 0 atom stereocenters. The lowest BCUT2D eigenvalue weighted by molar-refractivity contribution is 0.975. The zero-order chi connectivity index (χ0) is 25.9. The van der Waals surface area contributed by atoms with Crippen LogP contribution in [0.3, 0.4) is 0 Å². The van der Waals surface area contributed by atoms with Crippen molar-refractivity contribution in [2.75, 3.05) is 0 Å². The van der Waals surface area contributed by atoms with Crippen LogP contribution in [-0.2, 0) is 7.05 Å². The Kier molecular flexibility index (Phi) is 5.13. The minimum atomic E-state index is -2.70. The van der Waals surface area contributed by atoms with Crippen LogP contribution >= 0.6 is 0 Å². The number of imidazole rings is 2. The second-order valence-corrected chi connectivity index (χ2v) is 14.1. The maximum absolute atomic E-state index is 5.11. The molecule has 0 spiro atoms. The molecule has 0 saturated heterocycles. The summed E-state index contributed by atoms with van der Waals surface area (Å²) in [7, 11) is -0.528. The van der Waals surface area contributed by atoms with Gasteiger partial charge in [-0.15, -0.1) is 0 Å². The molecule has 7 rings (SSSR count). The van der Waals surface area contributed by atoms with Gasteiger partial charge in [0.1, 0.15) is 0 Å². The zero-order valence-electron chi connectivity index (χ0n) is 21.9. The van der Waals surface area contributed by atoms with Gasteiger partial charge in [0.15, 0.2) is 8.07 Å². The molecule has 184 valence electrons. The predicted octanol–water partition coefficient (Wildman–Crippen LogP) is 4.97. The Balaban J connectivity index is 1.72. The summed E-state index contributed by atoms with van der Waals surface area (Å²) in [5.41, 5.74) is 7.16. The topological polar surface area (TPSA) is 22.2 Å². The molecule has 0 saturated carbocycles. The van der Waals surface area contributed by atoms with Gasteiger partial charge >= 0.3 is 0 Å². The van der Waals surface area contributed by atoms with E-state index in [0.717, 1.165) is 16.8 Å². The van der Waals surface area contributed by atoms with Crippen LogP contribution in [0.4, 0.5) is 0 Å². The van der Waals surface area contributed by atoms with Crippen molar-refractivity contribution in [2.24, 2.45) is 7.05 Å². The highest BCUT2D eigenvalue weighted by molar-refractivity contribution is 7.20. The largest absolute Gasteiger partial charge is 0.313 e. The van der Waals surface area contributed by atoms with Crippen molar-refractivity contribution >= 4 is 56.7 Å². The summed E-state index contributed by atoms with van der Waals surface area (Å²) in [6, 6.07) is 44.7. The zero-order valence-corrected chi connectivity index (χ0v) is 22.9. The Morgan fingerprint density at radius 1 is 0.579 bits per heavy atom. The van der Waals surface area contributed by atoms with Crippen molar-refractivity contribution in [3.8, 4) is 0 Å². The van der Waals surface area contributed by atoms with Gasteiger partial charge in [-0.2, -0.15) is 0 Å². The third-order valence-electron chi connectivity index (χ3n) is 7.93. The van der Waals surface area contributed by atoms with Gasteiger partial charge in [-0.25, -0.2) is 4.98 Å². The van der Waals surface area contributed by atoms with E-state index < -0.39 is 8.07 Å². The lowest BCUT2D eigenvalue weighted by atomic mass is 10.2. The van der Waals surface area contributed by atoms with Gasteiger partial charge in [0.25, 0.3) is 0 Å². The summed E-state index contributed by atoms with van der Waals surface area (Å²) in [6.07, 6.45) is 0. The Hall–Kier alpha value is -4.41. The van der Waals surface area contributed by atoms with Crippen LogP contribution in [0.5, 0.6) is 0 Å². The third kappa shape index (κ3) is 3.17. The molecule has 0 unspecified atom stereocenters. The third-order valence-corrected chi connectivity index (χ3v) is 12.7. The standard InChI is InChI=1S/C34H29N3Si/c1-24-19-20-29-30(21-24)37-31-22-25(2)23-32(33(31)36(3)34(37)35-29)38(26-13-7-4-8-14-26,27-15-9-5-10-16-27)28-17-11-6-12-18-28/h4-23H,1-3H3. The summed E-state index contributed by atoms with van der Waals surface area (Å²) < 4.78 is 4.67. The molecular formula is C34H29N3Si. The van der Waals surface area contributed by atoms with E-state index in [2.05, 4.69) is 151 Å². The van der Waals surface area contributed by atoms with E-state index in [-0.39, 0.29) is 0 Å². The fraction of sp³-hybridized carbons (Fsp3) is 0.0882. The molecule has 2 aromatic heterocycles. The van der Waals surface area contributed by atoms with Crippen LogP contribution in [0, 0.1) is 13.8 Å². The van der Waals surface area contributed by atoms with Crippen LogP contribution in [0.1, 0.15) is 11.1 Å². The van der Waals surface area contributed by atoms with Gasteiger partial charge in [0.2, 0.25) is 5.78 Å². The second kappa shape index (κ2) is 8.57. The quantitative estimate of drug-likeness (QED) is 0.244. The minimum absolute atomic E-state index is 0.976. The molecule has 0 N–H and O–H groups in total. The number of rotatable bonds is 4. The molecule has 0 radical (unpaired) electrons. The van der Waals surface area contributed by atoms with Crippen LogP contribution < -0.4 is 20.7 Å². The Morgan fingerprint density at radius 3 is 1.66 bits per heavy atom. The number of benzene rings is 5. The van der Waals surface area contributed by atoms with Crippen molar-refractivity contribution in [2.45, 2.75) is 13.8 Å². The first-order chi connectivity index (χ1) is 18.6. The summed E-state index contributed by atoms with van der Waals surface area (Å²) in [4.78, 5) is 5.11. The van der Waals surface area contributed by atoms with E-state index in [4.69, 9.17) is 4.98 Å². The molecule has 0 amide bonds. The average Bonchev–Trinajstić information content (AvgIpc) is 3.46. The number of hydrogen-bond acceptors (Lipinski definition) is 1. The molecule has 0 aliphatic heterocycles. The van der Waals surface area contributed by atoms with Crippen molar-refractivity contribution in [1.29, 1.82) is 0 Å². The van der Waals surface area contributed by atoms with Crippen molar-refractivity contribution in [1.82, 2.24) is 14.0 Å². The smallest absolute Gasteiger partial charge is 0.215 e. The Labute approximate surface area is 223 Å². The molecular weight excluding hydrogens is 478 g/mol. The summed E-state index contributed by atoms with van der Waals surface area (Å²) in [5.74, 6) is 0.976. The average molecular weight is 508 g/mol.